The van der Waals surface area contributed by atoms with E-state index in [2.05, 4.69) is 62.5 Å². The van der Waals surface area contributed by atoms with Gasteiger partial charge in [-0.25, -0.2) is 0 Å². The van der Waals surface area contributed by atoms with E-state index in [-0.39, 0.29) is 18.6 Å². The number of hydrogen-bond donors (Lipinski definition) is 1. The van der Waals surface area contributed by atoms with Crippen LogP contribution in [-0.4, -0.2) is 18.8 Å². The highest BCUT2D eigenvalue weighted by Gasteiger charge is 2.31. The molecule has 0 amide bonds. The topological polar surface area (TPSA) is 47.6 Å². The third-order valence-corrected chi connectivity index (χ3v) is 6.63. The Balaban J connectivity index is 1.28. The van der Waals surface area contributed by atoms with Crippen LogP contribution in [0, 0.1) is 17.3 Å². The van der Waals surface area contributed by atoms with Crippen LogP contribution in [0.5, 0.6) is 5.75 Å². The third kappa shape index (κ3) is 5.54. The maximum atomic E-state index is 11.6. The molecule has 4 heteroatoms. The zero-order valence-electron chi connectivity index (χ0n) is 18.6. The second-order valence-electron chi connectivity index (χ2n) is 10.1. The van der Waals surface area contributed by atoms with Crippen molar-refractivity contribution in [3.05, 3.63) is 42.0 Å². The molecular formula is C26H35NO3. The van der Waals surface area contributed by atoms with Crippen LogP contribution in [0.25, 0.3) is 10.8 Å². The van der Waals surface area contributed by atoms with E-state index in [4.69, 9.17) is 9.47 Å². The van der Waals surface area contributed by atoms with Gasteiger partial charge in [0, 0.05) is 6.54 Å². The monoisotopic (exact) mass is 409 g/mol. The molecule has 0 atom stereocenters. The van der Waals surface area contributed by atoms with Gasteiger partial charge in [0.25, 0.3) is 0 Å². The maximum Gasteiger partial charge on any atom is 0.310 e. The molecule has 0 unspecified atom stereocenters. The molecule has 4 rings (SSSR count). The summed E-state index contributed by atoms with van der Waals surface area (Å²) in [5.74, 6) is 1.86. The number of hydrogen-bond acceptors (Lipinski definition) is 4. The molecular weight excluding hydrogens is 374 g/mol. The van der Waals surface area contributed by atoms with Crippen LogP contribution >= 0.6 is 0 Å². The van der Waals surface area contributed by atoms with Crippen molar-refractivity contribution in [2.45, 2.75) is 71.9 Å². The summed E-state index contributed by atoms with van der Waals surface area (Å²) in [6.07, 6.45) is 7.11. The van der Waals surface area contributed by atoms with Crippen LogP contribution in [0.4, 0.5) is 0 Å². The van der Waals surface area contributed by atoms with Gasteiger partial charge in [-0.2, -0.15) is 0 Å². The summed E-state index contributed by atoms with van der Waals surface area (Å²) in [4.78, 5) is 11.6. The van der Waals surface area contributed by atoms with Crippen molar-refractivity contribution in [3.63, 3.8) is 0 Å². The second-order valence-corrected chi connectivity index (χ2v) is 10.1. The van der Waals surface area contributed by atoms with E-state index < -0.39 is 0 Å². The van der Waals surface area contributed by atoms with Gasteiger partial charge in [-0.3, -0.25) is 10.1 Å². The molecule has 1 N–H and O–H groups in total. The molecule has 2 aliphatic rings. The molecule has 2 fully saturated rings. The largest absolute Gasteiger partial charge is 0.490 e. The smallest absolute Gasteiger partial charge is 0.310 e. The van der Waals surface area contributed by atoms with E-state index in [1.165, 1.54) is 29.2 Å². The Morgan fingerprint density at radius 3 is 2.37 bits per heavy atom. The minimum absolute atomic E-state index is 0.0690. The van der Waals surface area contributed by atoms with Gasteiger partial charge in [-0.1, -0.05) is 39.0 Å². The van der Waals surface area contributed by atoms with Crippen molar-refractivity contribution in [1.29, 1.82) is 0 Å². The number of esters is 1. The lowest BCUT2D eigenvalue weighted by Crippen LogP contribution is -2.30. The lowest BCUT2D eigenvalue weighted by molar-refractivity contribution is -0.146. The summed E-state index contributed by atoms with van der Waals surface area (Å²) in [7, 11) is 0. The van der Waals surface area contributed by atoms with E-state index in [9.17, 15) is 4.79 Å². The molecule has 30 heavy (non-hydrogen) atoms. The third-order valence-electron chi connectivity index (χ3n) is 6.63. The number of carbonyl (C=O) groups excluding carboxylic acids is 1. The molecule has 0 bridgehead atoms. The molecule has 2 aromatic carbocycles. The van der Waals surface area contributed by atoms with Crippen LogP contribution in [0.2, 0.25) is 0 Å². The first kappa shape index (κ1) is 21.2. The Morgan fingerprint density at radius 2 is 1.67 bits per heavy atom. The maximum absolute atomic E-state index is 11.6. The van der Waals surface area contributed by atoms with Gasteiger partial charge in [0.15, 0.2) is 0 Å². The van der Waals surface area contributed by atoms with Crippen molar-refractivity contribution in [2.75, 3.05) is 6.73 Å². The van der Waals surface area contributed by atoms with E-state index >= 15 is 0 Å². The zero-order chi connectivity index (χ0) is 21.1. The molecule has 2 saturated carbocycles. The normalized spacial score (nSPS) is 22.1. The fourth-order valence-corrected chi connectivity index (χ4v) is 4.45. The van der Waals surface area contributed by atoms with Crippen LogP contribution < -0.4 is 10.1 Å². The van der Waals surface area contributed by atoms with E-state index in [0.29, 0.717) is 18.1 Å². The molecule has 0 radical (unpaired) electrons. The van der Waals surface area contributed by atoms with Gasteiger partial charge in [-0.05, 0) is 84.4 Å². The van der Waals surface area contributed by atoms with Crippen molar-refractivity contribution in [3.8, 4) is 5.75 Å². The fourth-order valence-electron chi connectivity index (χ4n) is 4.45. The van der Waals surface area contributed by atoms with Crippen molar-refractivity contribution in [1.82, 2.24) is 5.32 Å². The average molecular weight is 410 g/mol. The summed E-state index contributed by atoms with van der Waals surface area (Å²) < 4.78 is 11.5. The Kier molecular flexibility index (Phi) is 6.33. The minimum Gasteiger partial charge on any atom is -0.490 e. The molecule has 2 aromatic rings. The molecule has 0 heterocycles. The minimum atomic E-state index is -0.0690. The average Bonchev–Trinajstić information content (AvgIpc) is 3.56. The second kappa shape index (κ2) is 8.97. The lowest BCUT2D eigenvalue weighted by Gasteiger charge is -2.37. The number of benzene rings is 2. The summed E-state index contributed by atoms with van der Waals surface area (Å²) in [6, 6.07) is 12.8. The number of ether oxygens (including phenoxy) is 2. The quantitative estimate of drug-likeness (QED) is 0.355. The first-order valence-corrected chi connectivity index (χ1v) is 11.5. The van der Waals surface area contributed by atoms with Crippen molar-refractivity contribution in [2.24, 2.45) is 17.3 Å². The SMILES string of the molecule is CC(C)(C)C1CCC(Oc2ccc3cc(CNCOC(=O)C4CC4)ccc3c2)CC1. The van der Waals surface area contributed by atoms with Gasteiger partial charge in [0.1, 0.15) is 12.5 Å². The number of fused-ring (bicyclic) bond motifs is 1. The first-order valence-electron chi connectivity index (χ1n) is 11.5. The highest BCUT2D eigenvalue weighted by Crippen LogP contribution is 2.39. The Morgan fingerprint density at radius 1 is 0.967 bits per heavy atom. The van der Waals surface area contributed by atoms with Crippen LogP contribution in [-0.2, 0) is 16.1 Å². The van der Waals surface area contributed by atoms with Gasteiger partial charge in [0.05, 0.1) is 12.0 Å². The zero-order valence-corrected chi connectivity index (χ0v) is 18.6. The predicted molar refractivity (Wildman–Crippen MR) is 120 cm³/mol. The Bertz CT molecular complexity index is 873. The fraction of sp³-hybridized carbons (Fsp3) is 0.577. The number of rotatable bonds is 7. The Hall–Kier alpha value is -2.07. The van der Waals surface area contributed by atoms with Gasteiger partial charge < -0.3 is 9.47 Å². The highest BCUT2D eigenvalue weighted by molar-refractivity contribution is 5.84. The Labute approximate surface area is 180 Å². The van der Waals surface area contributed by atoms with Crippen LogP contribution in [0.15, 0.2) is 36.4 Å². The molecule has 2 aliphatic carbocycles. The highest BCUT2D eigenvalue weighted by atomic mass is 16.5. The van der Waals surface area contributed by atoms with Crippen molar-refractivity contribution >= 4 is 16.7 Å². The summed E-state index contributed by atoms with van der Waals surface area (Å²) >= 11 is 0. The van der Waals surface area contributed by atoms with Gasteiger partial charge >= 0.3 is 5.97 Å². The number of nitrogens with one attached hydrogen (secondary N) is 1. The lowest BCUT2D eigenvalue weighted by atomic mass is 9.72. The molecule has 0 saturated heterocycles. The summed E-state index contributed by atoms with van der Waals surface area (Å²) in [5, 5.41) is 5.59. The standard InChI is InChI=1S/C26H35NO3/c1-26(2,3)22-9-12-23(13-10-22)30-24-11-8-20-14-18(4-5-21(20)15-24)16-27-17-29-25(28)19-6-7-19/h4-5,8,11,14-15,19,22-23,27H,6-7,9-10,12-13,16-17H2,1-3H3. The number of carbonyl (C=O) groups is 1. The molecule has 0 aliphatic heterocycles. The molecule has 4 nitrogen and oxygen atoms in total. The summed E-state index contributed by atoms with van der Waals surface area (Å²) in [5.41, 5.74) is 1.58. The molecule has 162 valence electrons. The van der Waals surface area contributed by atoms with E-state index in [0.717, 1.165) is 37.4 Å². The van der Waals surface area contributed by atoms with Crippen LogP contribution in [0.1, 0.15) is 64.9 Å². The van der Waals surface area contributed by atoms with E-state index in [1.54, 1.807) is 0 Å². The molecule has 0 spiro atoms. The molecule has 0 aromatic heterocycles. The van der Waals surface area contributed by atoms with E-state index in [1.807, 2.05) is 0 Å². The van der Waals surface area contributed by atoms with Crippen LogP contribution in [0.3, 0.4) is 0 Å². The summed E-state index contributed by atoms with van der Waals surface area (Å²) in [6.45, 7) is 8.02. The predicted octanol–water partition coefficient (Wildman–Crippen LogP) is 5.82. The van der Waals surface area contributed by atoms with Gasteiger partial charge in [-0.15, -0.1) is 0 Å². The van der Waals surface area contributed by atoms with Gasteiger partial charge in [0.2, 0.25) is 0 Å². The van der Waals surface area contributed by atoms with Crippen molar-refractivity contribution < 1.29 is 14.3 Å². The first-order chi connectivity index (χ1) is 14.4.